The monoisotopic (exact) mass is 323 g/mol. The SMILES string of the molecule is O=C1C(=O)N(CCO)[C@@H](c2ccccc2)C1=C(O)c1ccccc1. The van der Waals surface area contributed by atoms with Crippen molar-refractivity contribution in [3.8, 4) is 0 Å². The molecule has 0 aliphatic carbocycles. The molecule has 0 unspecified atom stereocenters. The van der Waals surface area contributed by atoms with Crippen molar-refractivity contribution >= 4 is 17.4 Å². The molecular formula is C19H17NO4. The highest BCUT2D eigenvalue weighted by atomic mass is 16.3. The van der Waals surface area contributed by atoms with Gasteiger partial charge >= 0.3 is 0 Å². The van der Waals surface area contributed by atoms with E-state index < -0.39 is 17.7 Å². The highest BCUT2D eigenvalue weighted by Crippen LogP contribution is 2.38. The molecule has 2 aromatic carbocycles. The molecule has 1 saturated heterocycles. The van der Waals surface area contributed by atoms with Gasteiger partial charge in [-0.15, -0.1) is 0 Å². The largest absolute Gasteiger partial charge is 0.507 e. The van der Waals surface area contributed by atoms with Crippen molar-refractivity contribution in [2.45, 2.75) is 6.04 Å². The number of hydrogen-bond donors (Lipinski definition) is 2. The topological polar surface area (TPSA) is 77.8 Å². The van der Waals surface area contributed by atoms with E-state index in [-0.39, 0.29) is 24.5 Å². The zero-order chi connectivity index (χ0) is 17.1. The van der Waals surface area contributed by atoms with E-state index in [9.17, 15) is 19.8 Å². The van der Waals surface area contributed by atoms with Gasteiger partial charge in [0.25, 0.3) is 11.7 Å². The van der Waals surface area contributed by atoms with Crippen LogP contribution in [0.5, 0.6) is 0 Å². The number of β-amino-alcohol motifs (C(OH)–C–C–N with tert-alkyl or cyclic N) is 1. The number of carbonyl (C=O) groups excluding carboxylic acids is 2. The second kappa shape index (κ2) is 6.68. The zero-order valence-electron chi connectivity index (χ0n) is 12.9. The van der Waals surface area contributed by atoms with Gasteiger partial charge in [-0.2, -0.15) is 0 Å². The number of ketones is 1. The van der Waals surface area contributed by atoms with Gasteiger partial charge in [-0.25, -0.2) is 0 Å². The third-order valence-electron chi connectivity index (χ3n) is 4.04. The summed E-state index contributed by atoms with van der Waals surface area (Å²) in [7, 11) is 0. The third-order valence-corrected chi connectivity index (χ3v) is 4.04. The third kappa shape index (κ3) is 2.70. The average Bonchev–Trinajstić information content (AvgIpc) is 2.88. The molecule has 0 bridgehead atoms. The van der Waals surface area contributed by atoms with Gasteiger partial charge in [-0.1, -0.05) is 60.7 Å². The molecule has 0 saturated carbocycles. The minimum atomic E-state index is -0.737. The number of benzene rings is 2. The van der Waals surface area contributed by atoms with Crippen LogP contribution in [0.3, 0.4) is 0 Å². The van der Waals surface area contributed by atoms with Crippen molar-refractivity contribution in [2.75, 3.05) is 13.2 Å². The second-order valence-corrected chi connectivity index (χ2v) is 5.49. The molecule has 5 nitrogen and oxygen atoms in total. The standard InChI is InChI=1S/C19H17NO4/c21-12-11-20-16(13-7-3-1-4-8-13)15(18(23)19(20)24)17(22)14-9-5-2-6-10-14/h1-10,16,21-22H,11-12H2/t16-/m0/s1. The first-order chi connectivity index (χ1) is 11.6. The smallest absolute Gasteiger partial charge is 0.295 e. The summed E-state index contributed by atoms with van der Waals surface area (Å²) in [5.74, 6) is -1.66. The molecule has 2 N–H and O–H groups in total. The lowest BCUT2D eigenvalue weighted by Gasteiger charge is -2.24. The van der Waals surface area contributed by atoms with Crippen LogP contribution >= 0.6 is 0 Å². The fourth-order valence-corrected chi connectivity index (χ4v) is 2.95. The molecule has 0 radical (unpaired) electrons. The Bertz CT molecular complexity index is 784. The maximum absolute atomic E-state index is 12.5. The van der Waals surface area contributed by atoms with Gasteiger partial charge in [0.1, 0.15) is 5.76 Å². The van der Waals surface area contributed by atoms with Crippen molar-refractivity contribution in [3.63, 3.8) is 0 Å². The highest BCUT2D eigenvalue weighted by Gasteiger charge is 2.45. The van der Waals surface area contributed by atoms with Gasteiger partial charge in [-0.3, -0.25) is 9.59 Å². The Morgan fingerprint density at radius 2 is 1.54 bits per heavy atom. The van der Waals surface area contributed by atoms with Crippen LogP contribution in [0.2, 0.25) is 0 Å². The zero-order valence-corrected chi connectivity index (χ0v) is 12.9. The van der Waals surface area contributed by atoms with Crippen molar-refractivity contribution in [1.29, 1.82) is 0 Å². The maximum atomic E-state index is 12.5. The number of likely N-dealkylation sites (tertiary alicyclic amines) is 1. The van der Waals surface area contributed by atoms with Gasteiger partial charge in [0.15, 0.2) is 0 Å². The van der Waals surface area contributed by atoms with E-state index >= 15 is 0 Å². The molecular weight excluding hydrogens is 306 g/mol. The van der Waals surface area contributed by atoms with Crippen LogP contribution in [0, 0.1) is 0 Å². The summed E-state index contributed by atoms with van der Waals surface area (Å²) in [6.45, 7) is -0.239. The number of rotatable bonds is 4. The van der Waals surface area contributed by atoms with Crippen molar-refractivity contribution in [2.24, 2.45) is 0 Å². The van der Waals surface area contributed by atoms with Crippen LogP contribution in [-0.2, 0) is 9.59 Å². The lowest BCUT2D eigenvalue weighted by Crippen LogP contribution is -2.32. The Morgan fingerprint density at radius 3 is 2.12 bits per heavy atom. The number of carbonyl (C=O) groups is 2. The number of nitrogens with zero attached hydrogens (tertiary/aromatic N) is 1. The summed E-state index contributed by atoms with van der Waals surface area (Å²) < 4.78 is 0. The number of amides is 1. The summed E-state index contributed by atoms with van der Waals surface area (Å²) in [4.78, 5) is 26.1. The fourth-order valence-electron chi connectivity index (χ4n) is 2.95. The van der Waals surface area contributed by atoms with Crippen LogP contribution in [0.15, 0.2) is 66.2 Å². The van der Waals surface area contributed by atoms with E-state index in [0.717, 1.165) is 0 Å². The van der Waals surface area contributed by atoms with Crippen LogP contribution < -0.4 is 0 Å². The van der Waals surface area contributed by atoms with E-state index in [2.05, 4.69) is 0 Å². The molecule has 1 aliphatic heterocycles. The van der Waals surface area contributed by atoms with E-state index in [1.807, 2.05) is 6.07 Å². The Kier molecular flexibility index (Phi) is 4.44. The molecule has 1 amide bonds. The van der Waals surface area contributed by atoms with E-state index in [4.69, 9.17) is 0 Å². The summed E-state index contributed by atoms with van der Waals surface area (Å²) in [5.41, 5.74) is 1.23. The molecule has 3 rings (SSSR count). The fraction of sp³-hybridized carbons (Fsp3) is 0.158. The van der Waals surface area contributed by atoms with Crippen LogP contribution in [-0.4, -0.2) is 40.0 Å². The Morgan fingerprint density at radius 1 is 0.958 bits per heavy atom. The molecule has 5 heteroatoms. The molecule has 1 atom stereocenters. The Balaban J connectivity index is 2.18. The predicted octanol–water partition coefficient (Wildman–Crippen LogP) is 2.10. The Labute approximate surface area is 139 Å². The quantitative estimate of drug-likeness (QED) is 0.513. The summed E-state index contributed by atoms with van der Waals surface area (Å²) in [6.07, 6.45) is 0. The minimum Gasteiger partial charge on any atom is -0.507 e. The molecule has 1 heterocycles. The number of hydrogen-bond acceptors (Lipinski definition) is 4. The average molecular weight is 323 g/mol. The van der Waals surface area contributed by atoms with E-state index in [1.165, 1.54) is 4.90 Å². The summed E-state index contributed by atoms with van der Waals surface area (Å²) >= 11 is 0. The number of aliphatic hydroxyl groups is 2. The summed E-state index contributed by atoms with van der Waals surface area (Å²) in [6, 6.07) is 17.0. The van der Waals surface area contributed by atoms with Gasteiger partial charge in [0.2, 0.25) is 0 Å². The van der Waals surface area contributed by atoms with E-state index in [1.54, 1.807) is 54.6 Å². The van der Waals surface area contributed by atoms with Gasteiger partial charge in [-0.05, 0) is 5.56 Å². The first kappa shape index (κ1) is 16.0. The normalized spacial score (nSPS) is 19.7. The molecule has 0 aromatic heterocycles. The molecule has 1 aliphatic rings. The number of aliphatic hydroxyl groups excluding tert-OH is 2. The van der Waals surface area contributed by atoms with Crippen LogP contribution in [0.4, 0.5) is 0 Å². The molecule has 122 valence electrons. The van der Waals surface area contributed by atoms with Gasteiger partial charge in [0, 0.05) is 12.1 Å². The first-order valence-electron chi connectivity index (χ1n) is 7.64. The van der Waals surface area contributed by atoms with Crippen LogP contribution in [0.25, 0.3) is 5.76 Å². The lowest BCUT2D eigenvalue weighted by atomic mass is 9.95. The highest BCUT2D eigenvalue weighted by molar-refractivity contribution is 6.46. The molecule has 2 aromatic rings. The van der Waals surface area contributed by atoms with Crippen LogP contribution in [0.1, 0.15) is 17.2 Å². The lowest BCUT2D eigenvalue weighted by molar-refractivity contribution is -0.140. The minimum absolute atomic E-state index is 0.0235. The van der Waals surface area contributed by atoms with E-state index in [0.29, 0.717) is 11.1 Å². The van der Waals surface area contributed by atoms with Crippen molar-refractivity contribution in [1.82, 2.24) is 4.90 Å². The molecule has 24 heavy (non-hydrogen) atoms. The molecule has 1 fully saturated rings. The Hall–Kier alpha value is -2.92. The number of Topliss-reactive ketones (excluding diaryl/α,β-unsaturated/α-hetero) is 1. The van der Waals surface area contributed by atoms with Crippen molar-refractivity contribution in [3.05, 3.63) is 77.4 Å². The van der Waals surface area contributed by atoms with Gasteiger partial charge in [0.05, 0.1) is 18.2 Å². The van der Waals surface area contributed by atoms with Crippen molar-refractivity contribution < 1.29 is 19.8 Å². The summed E-state index contributed by atoms with van der Waals surface area (Å²) in [5, 5.41) is 19.9. The maximum Gasteiger partial charge on any atom is 0.295 e. The van der Waals surface area contributed by atoms with Gasteiger partial charge < -0.3 is 15.1 Å². The first-order valence-corrected chi connectivity index (χ1v) is 7.64. The predicted molar refractivity (Wildman–Crippen MR) is 89.0 cm³/mol. The molecule has 0 spiro atoms. The second-order valence-electron chi connectivity index (χ2n) is 5.49.